The third-order valence-corrected chi connectivity index (χ3v) is 6.22. The minimum Gasteiger partial charge on any atom is -0.504 e. The number of nitrogens with one attached hydrogen (secondary N) is 2. The first-order chi connectivity index (χ1) is 16.1. The fraction of sp³-hybridized carbons (Fsp3) is 0.174. The van der Waals surface area contributed by atoms with E-state index in [0.29, 0.717) is 23.4 Å². The van der Waals surface area contributed by atoms with Gasteiger partial charge in [-0.1, -0.05) is 23.8 Å². The van der Waals surface area contributed by atoms with E-state index in [1.165, 1.54) is 18.3 Å². The van der Waals surface area contributed by atoms with Gasteiger partial charge in [0.1, 0.15) is 4.90 Å². The number of non-ortho nitro benzene ring substituents is 1. The van der Waals surface area contributed by atoms with Crippen molar-refractivity contribution in [3.05, 3.63) is 81.4 Å². The Hall–Kier alpha value is -4.12. The van der Waals surface area contributed by atoms with Gasteiger partial charge < -0.3 is 9.84 Å². The quantitative estimate of drug-likeness (QED) is 0.229. The van der Waals surface area contributed by atoms with Crippen molar-refractivity contribution in [2.24, 2.45) is 5.10 Å². The topological polar surface area (TPSA) is 143 Å². The van der Waals surface area contributed by atoms with Gasteiger partial charge in [0.05, 0.1) is 29.1 Å². The molecule has 0 aliphatic rings. The summed E-state index contributed by atoms with van der Waals surface area (Å²) in [7, 11) is -4.21. The Morgan fingerprint density at radius 3 is 2.53 bits per heavy atom. The molecule has 0 unspecified atom stereocenters. The van der Waals surface area contributed by atoms with Crippen molar-refractivity contribution in [2.75, 3.05) is 16.8 Å². The smallest absolute Gasteiger partial charge is 0.270 e. The minimum absolute atomic E-state index is 0.0135. The summed E-state index contributed by atoms with van der Waals surface area (Å²) in [6.07, 6.45) is 1.28. The highest BCUT2D eigenvalue weighted by Gasteiger charge is 2.23. The zero-order valence-electron chi connectivity index (χ0n) is 18.8. The number of benzene rings is 3. The largest absolute Gasteiger partial charge is 0.504 e. The lowest BCUT2D eigenvalue weighted by molar-refractivity contribution is -0.385. The summed E-state index contributed by atoms with van der Waals surface area (Å²) in [4.78, 5) is 10.2. The van der Waals surface area contributed by atoms with Crippen LogP contribution in [0.1, 0.15) is 23.6 Å². The van der Waals surface area contributed by atoms with Crippen molar-refractivity contribution in [1.29, 1.82) is 0 Å². The molecule has 0 aliphatic heterocycles. The standard InChI is InChI=1S/C23H24N4O6S/c1-4-33-21-7-5-6-17(23(21)28)14-24-25-20-11-9-18(27(29)30)13-22(20)34(31,32)26-19-10-8-15(2)12-16(19)3/h5-14,25-26,28H,4H2,1-3H3. The summed E-state index contributed by atoms with van der Waals surface area (Å²) < 4.78 is 34.1. The molecule has 34 heavy (non-hydrogen) atoms. The second kappa shape index (κ2) is 10.2. The molecule has 0 amide bonds. The zero-order chi connectivity index (χ0) is 24.9. The molecule has 11 heteroatoms. The summed E-state index contributed by atoms with van der Waals surface area (Å²) >= 11 is 0. The normalized spacial score (nSPS) is 11.4. The first-order valence-corrected chi connectivity index (χ1v) is 11.7. The van der Waals surface area contributed by atoms with E-state index in [1.807, 2.05) is 13.0 Å². The molecule has 0 atom stereocenters. The van der Waals surface area contributed by atoms with Crippen LogP contribution in [0.4, 0.5) is 17.1 Å². The summed E-state index contributed by atoms with van der Waals surface area (Å²) in [5, 5.41) is 25.6. The van der Waals surface area contributed by atoms with Crippen molar-refractivity contribution in [2.45, 2.75) is 25.7 Å². The first kappa shape index (κ1) is 24.5. The van der Waals surface area contributed by atoms with Crippen molar-refractivity contribution in [1.82, 2.24) is 0 Å². The molecule has 0 radical (unpaired) electrons. The van der Waals surface area contributed by atoms with Gasteiger partial charge in [-0.25, -0.2) is 8.42 Å². The van der Waals surface area contributed by atoms with Crippen LogP contribution in [-0.4, -0.2) is 31.3 Å². The van der Waals surface area contributed by atoms with Gasteiger partial charge in [-0.2, -0.15) is 5.10 Å². The van der Waals surface area contributed by atoms with Gasteiger partial charge in [-0.3, -0.25) is 20.3 Å². The molecular weight excluding hydrogens is 460 g/mol. The van der Waals surface area contributed by atoms with E-state index in [9.17, 15) is 23.6 Å². The van der Waals surface area contributed by atoms with Crippen LogP contribution in [0.5, 0.6) is 11.5 Å². The number of phenols is 1. The predicted molar refractivity (Wildman–Crippen MR) is 130 cm³/mol. The number of sulfonamides is 1. The van der Waals surface area contributed by atoms with E-state index < -0.39 is 20.6 Å². The molecule has 3 aromatic rings. The first-order valence-electron chi connectivity index (χ1n) is 10.2. The third kappa shape index (κ3) is 5.62. The van der Waals surface area contributed by atoms with Gasteiger partial charge in [-0.15, -0.1) is 0 Å². The lowest BCUT2D eigenvalue weighted by Crippen LogP contribution is -2.16. The fourth-order valence-corrected chi connectivity index (χ4v) is 4.46. The van der Waals surface area contributed by atoms with Crippen LogP contribution >= 0.6 is 0 Å². The van der Waals surface area contributed by atoms with Gasteiger partial charge in [0.15, 0.2) is 11.5 Å². The molecule has 3 aromatic carbocycles. The molecule has 10 nitrogen and oxygen atoms in total. The van der Waals surface area contributed by atoms with Crippen LogP contribution in [0.15, 0.2) is 64.6 Å². The number of aryl methyl sites for hydroxylation is 2. The number of rotatable bonds is 9. The van der Waals surface area contributed by atoms with E-state index in [-0.39, 0.29) is 22.1 Å². The maximum atomic E-state index is 13.2. The van der Waals surface area contributed by atoms with E-state index in [1.54, 1.807) is 44.2 Å². The highest BCUT2D eigenvalue weighted by Crippen LogP contribution is 2.30. The predicted octanol–water partition coefficient (Wildman–Crippen LogP) is 4.56. The number of nitro groups is 1. The van der Waals surface area contributed by atoms with Crippen LogP contribution in [-0.2, 0) is 10.0 Å². The number of para-hydroxylation sites is 1. The molecule has 0 saturated carbocycles. The van der Waals surface area contributed by atoms with Gasteiger partial charge >= 0.3 is 0 Å². The summed E-state index contributed by atoms with van der Waals surface area (Å²) in [6, 6.07) is 13.4. The van der Waals surface area contributed by atoms with E-state index in [2.05, 4.69) is 15.2 Å². The van der Waals surface area contributed by atoms with Crippen molar-refractivity contribution < 1.29 is 23.2 Å². The van der Waals surface area contributed by atoms with Crippen molar-refractivity contribution in [3.63, 3.8) is 0 Å². The molecule has 0 saturated heterocycles. The highest BCUT2D eigenvalue weighted by molar-refractivity contribution is 7.92. The van der Waals surface area contributed by atoms with E-state index >= 15 is 0 Å². The molecule has 3 rings (SSSR count). The molecule has 0 spiro atoms. The van der Waals surface area contributed by atoms with Crippen LogP contribution in [0.3, 0.4) is 0 Å². The van der Waals surface area contributed by atoms with Crippen LogP contribution in [0.2, 0.25) is 0 Å². The summed E-state index contributed by atoms with van der Waals surface area (Å²) in [5.41, 5.74) is 4.57. The lowest BCUT2D eigenvalue weighted by Gasteiger charge is -2.14. The number of phenolic OH excluding ortho intramolecular Hbond substituents is 1. The van der Waals surface area contributed by atoms with Gasteiger partial charge in [0.2, 0.25) is 0 Å². The van der Waals surface area contributed by atoms with E-state index in [4.69, 9.17) is 4.74 Å². The molecule has 0 bridgehead atoms. The monoisotopic (exact) mass is 484 g/mol. The second-order valence-corrected chi connectivity index (χ2v) is 9.01. The summed E-state index contributed by atoms with van der Waals surface area (Å²) in [5.74, 6) is 0.158. The Kier molecular flexibility index (Phi) is 7.37. The average molecular weight is 485 g/mol. The summed E-state index contributed by atoms with van der Waals surface area (Å²) in [6.45, 7) is 5.78. The van der Waals surface area contributed by atoms with E-state index in [0.717, 1.165) is 11.6 Å². The third-order valence-electron chi connectivity index (χ3n) is 4.81. The fourth-order valence-electron chi connectivity index (χ4n) is 3.15. The SMILES string of the molecule is CCOc1cccc(C=NNc2ccc([N+](=O)[O-])cc2S(=O)(=O)Nc2ccc(C)cc2C)c1O. The van der Waals surface area contributed by atoms with Crippen molar-refractivity contribution >= 4 is 33.3 Å². The Morgan fingerprint density at radius 1 is 1.12 bits per heavy atom. The van der Waals surface area contributed by atoms with Crippen LogP contribution in [0.25, 0.3) is 0 Å². The minimum atomic E-state index is -4.21. The number of nitrogens with zero attached hydrogens (tertiary/aromatic N) is 2. The Bertz CT molecular complexity index is 1360. The maximum absolute atomic E-state index is 13.2. The number of aromatic hydroxyl groups is 1. The number of hydrogen-bond donors (Lipinski definition) is 3. The molecule has 0 heterocycles. The number of anilines is 2. The average Bonchev–Trinajstić information content (AvgIpc) is 2.78. The zero-order valence-corrected chi connectivity index (χ0v) is 19.6. The molecular formula is C23H24N4O6S. The Morgan fingerprint density at radius 2 is 1.85 bits per heavy atom. The second-order valence-electron chi connectivity index (χ2n) is 7.36. The van der Waals surface area contributed by atoms with Gasteiger partial charge in [0, 0.05) is 17.7 Å². The number of ether oxygens (including phenoxy) is 1. The highest BCUT2D eigenvalue weighted by atomic mass is 32.2. The molecule has 0 fully saturated rings. The molecule has 178 valence electrons. The van der Waals surface area contributed by atoms with Crippen molar-refractivity contribution in [3.8, 4) is 11.5 Å². The van der Waals surface area contributed by atoms with Gasteiger partial charge in [0.25, 0.3) is 15.7 Å². The maximum Gasteiger partial charge on any atom is 0.270 e. The van der Waals surface area contributed by atoms with Crippen LogP contribution in [0, 0.1) is 24.0 Å². The number of hydrogen-bond acceptors (Lipinski definition) is 8. The Labute approximate surface area is 197 Å². The van der Waals surface area contributed by atoms with Crippen LogP contribution < -0.4 is 14.9 Å². The van der Waals surface area contributed by atoms with Gasteiger partial charge in [-0.05, 0) is 50.6 Å². The number of hydrazone groups is 1. The Balaban J connectivity index is 1.95. The molecule has 0 aromatic heterocycles. The lowest BCUT2D eigenvalue weighted by atomic mass is 10.1. The molecule has 0 aliphatic carbocycles. The number of nitro benzene ring substituents is 1. The molecule has 3 N–H and O–H groups in total.